The Balaban J connectivity index is 1.62. The smallest absolute Gasteiger partial charge is 0.296 e. The monoisotopic (exact) mass is 429 g/mol. The van der Waals surface area contributed by atoms with Crippen molar-refractivity contribution in [2.75, 3.05) is 17.2 Å². The summed E-state index contributed by atoms with van der Waals surface area (Å²) in [4.78, 5) is 48.9. The maximum absolute atomic E-state index is 12.6. The van der Waals surface area contributed by atoms with Crippen LogP contribution in [0.25, 0.3) is 0 Å². The molecule has 3 amide bonds. The zero-order chi connectivity index (χ0) is 22.9. The molecular weight excluding hydrogens is 406 g/mol. The van der Waals surface area contributed by atoms with Crippen molar-refractivity contribution in [3.63, 3.8) is 0 Å². The molecule has 3 aromatic rings. The Morgan fingerprint density at radius 3 is 2.25 bits per heavy atom. The summed E-state index contributed by atoms with van der Waals surface area (Å²) < 4.78 is 0. The van der Waals surface area contributed by atoms with E-state index < -0.39 is 11.7 Å². The molecule has 0 radical (unpaired) electrons. The zero-order valence-corrected chi connectivity index (χ0v) is 17.6. The number of carbonyl (C=O) groups excluding carboxylic acids is 4. The molecule has 0 saturated carbocycles. The van der Waals surface area contributed by atoms with E-state index in [1.54, 1.807) is 36.4 Å². The fourth-order valence-corrected chi connectivity index (χ4v) is 3.10. The van der Waals surface area contributed by atoms with Crippen LogP contribution in [0, 0.1) is 0 Å². The fraction of sp³-hybridized carbons (Fsp3) is 0.120. The lowest BCUT2D eigenvalue weighted by molar-refractivity contribution is -0.114. The molecule has 7 heteroatoms. The largest absolute Gasteiger partial charge is 0.352 e. The molecule has 32 heavy (non-hydrogen) atoms. The van der Waals surface area contributed by atoms with Crippen molar-refractivity contribution in [1.82, 2.24) is 5.32 Å². The number of carbonyl (C=O) groups is 4. The molecule has 3 N–H and O–H groups in total. The van der Waals surface area contributed by atoms with Crippen LogP contribution in [0.4, 0.5) is 11.4 Å². The summed E-state index contributed by atoms with van der Waals surface area (Å²) in [5, 5.41) is 7.90. The topological polar surface area (TPSA) is 104 Å². The van der Waals surface area contributed by atoms with Crippen LogP contribution < -0.4 is 16.0 Å². The summed E-state index contributed by atoms with van der Waals surface area (Å²) in [7, 11) is 0. The van der Waals surface area contributed by atoms with Crippen molar-refractivity contribution in [1.29, 1.82) is 0 Å². The van der Waals surface area contributed by atoms with Crippen LogP contribution in [0.5, 0.6) is 0 Å². The molecule has 7 nitrogen and oxygen atoms in total. The van der Waals surface area contributed by atoms with Crippen LogP contribution >= 0.6 is 0 Å². The quantitative estimate of drug-likeness (QED) is 0.377. The molecule has 0 unspecified atom stereocenters. The second-order valence-corrected chi connectivity index (χ2v) is 7.08. The molecule has 3 aromatic carbocycles. The normalized spacial score (nSPS) is 10.2. The van der Waals surface area contributed by atoms with Gasteiger partial charge in [-0.25, -0.2) is 0 Å². The predicted molar refractivity (Wildman–Crippen MR) is 123 cm³/mol. The number of amides is 3. The van der Waals surface area contributed by atoms with Gasteiger partial charge >= 0.3 is 0 Å². The van der Waals surface area contributed by atoms with Crippen molar-refractivity contribution in [2.45, 2.75) is 13.3 Å². The second kappa shape index (κ2) is 10.7. The number of hydrogen-bond donors (Lipinski definition) is 3. The van der Waals surface area contributed by atoms with Crippen molar-refractivity contribution in [3.8, 4) is 0 Å². The molecule has 0 heterocycles. The highest BCUT2D eigenvalue weighted by atomic mass is 16.2. The highest BCUT2D eigenvalue weighted by molar-refractivity contribution is 6.47. The van der Waals surface area contributed by atoms with Crippen molar-refractivity contribution in [3.05, 3.63) is 95.6 Å². The molecule has 0 saturated heterocycles. The molecule has 3 rings (SSSR count). The second-order valence-electron chi connectivity index (χ2n) is 7.08. The van der Waals surface area contributed by atoms with E-state index in [0.717, 1.165) is 5.56 Å². The van der Waals surface area contributed by atoms with Gasteiger partial charge in [0.15, 0.2) is 0 Å². The lowest BCUT2D eigenvalue weighted by Gasteiger charge is -2.10. The summed E-state index contributed by atoms with van der Waals surface area (Å²) in [6.45, 7) is 1.79. The number of hydrogen-bond acceptors (Lipinski definition) is 4. The zero-order valence-electron chi connectivity index (χ0n) is 17.6. The van der Waals surface area contributed by atoms with Gasteiger partial charge in [-0.1, -0.05) is 48.5 Å². The van der Waals surface area contributed by atoms with Gasteiger partial charge in [0.05, 0.1) is 11.3 Å². The minimum atomic E-state index is -0.871. The molecule has 0 fully saturated rings. The van der Waals surface area contributed by atoms with Crippen LogP contribution in [0.3, 0.4) is 0 Å². The first-order chi connectivity index (χ1) is 15.4. The van der Waals surface area contributed by atoms with Crippen molar-refractivity contribution in [2.24, 2.45) is 0 Å². The van der Waals surface area contributed by atoms with Crippen LogP contribution in [0.15, 0.2) is 78.9 Å². The minimum absolute atomic E-state index is 0.0787. The predicted octanol–water partition coefficient (Wildman–Crippen LogP) is 3.44. The number of ketones is 1. The molecule has 0 aliphatic carbocycles. The maximum Gasteiger partial charge on any atom is 0.296 e. The van der Waals surface area contributed by atoms with Crippen molar-refractivity contribution < 1.29 is 19.2 Å². The van der Waals surface area contributed by atoms with Gasteiger partial charge in [-0.05, 0) is 42.3 Å². The average Bonchev–Trinajstić information content (AvgIpc) is 2.79. The minimum Gasteiger partial charge on any atom is -0.352 e. The van der Waals surface area contributed by atoms with E-state index in [1.807, 2.05) is 30.3 Å². The Morgan fingerprint density at radius 1 is 0.781 bits per heavy atom. The van der Waals surface area contributed by atoms with Gasteiger partial charge in [-0.2, -0.15) is 0 Å². The number of Topliss-reactive ketones (excluding diaryl/α,β-unsaturated/α-hetero) is 1. The van der Waals surface area contributed by atoms with Crippen LogP contribution in [-0.4, -0.2) is 30.0 Å². The van der Waals surface area contributed by atoms with Gasteiger partial charge in [0, 0.05) is 24.7 Å². The maximum atomic E-state index is 12.6. The summed E-state index contributed by atoms with van der Waals surface area (Å²) in [6.07, 6.45) is 0.700. The third kappa shape index (κ3) is 6.12. The Morgan fingerprint density at radius 2 is 1.50 bits per heavy atom. The van der Waals surface area contributed by atoms with E-state index in [-0.39, 0.29) is 23.1 Å². The number of para-hydroxylation sites is 1. The standard InChI is InChI=1S/C25H23N3O4/c1-17(29)27-22-13-6-5-12-21(22)23(30)25(32)28-20-11-7-10-19(16-20)24(31)26-15-14-18-8-3-2-4-9-18/h2-13,16H,14-15H2,1H3,(H,26,31)(H,27,29)(H,28,32). The Labute approximate surface area is 185 Å². The highest BCUT2D eigenvalue weighted by Gasteiger charge is 2.20. The van der Waals surface area contributed by atoms with Crippen LogP contribution in [-0.2, 0) is 16.0 Å². The number of rotatable bonds is 8. The van der Waals surface area contributed by atoms with Gasteiger partial charge in [0.2, 0.25) is 5.91 Å². The first-order valence-electron chi connectivity index (χ1n) is 10.1. The summed E-state index contributed by atoms with van der Waals surface area (Å²) in [6, 6.07) is 22.4. The fourth-order valence-electron chi connectivity index (χ4n) is 3.10. The van der Waals surface area contributed by atoms with Gasteiger partial charge in [-0.3, -0.25) is 19.2 Å². The summed E-state index contributed by atoms with van der Waals surface area (Å²) >= 11 is 0. The first kappa shape index (κ1) is 22.4. The first-order valence-corrected chi connectivity index (χ1v) is 10.1. The van der Waals surface area contributed by atoms with E-state index in [9.17, 15) is 19.2 Å². The third-order valence-corrected chi connectivity index (χ3v) is 4.61. The third-order valence-electron chi connectivity index (χ3n) is 4.61. The van der Waals surface area contributed by atoms with E-state index >= 15 is 0 Å². The summed E-state index contributed by atoms with van der Waals surface area (Å²) in [5.41, 5.74) is 2.13. The van der Waals surface area contributed by atoms with Crippen LogP contribution in [0.2, 0.25) is 0 Å². The van der Waals surface area contributed by atoms with E-state index in [2.05, 4.69) is 16.0 Å². The van der Waals surface area contributed by atoms with Gasteiger partial charge in [0.1, 0.15) is 0 Å². The molecule has 162 valence electrons. The molecular formula is C25H23N3O4. The summed E-state index contributed by atoms with van der Waals surface area (Å²) in [5.74, 6) is -2.30. The van der Waals surface area contributed by atoms with Crippen LogP contribution in [0.1, 0.15) is 33.2 Å². The van der Waals surface area contributed by atoms with Gasteiger partial charge in [-0.15, -0.1) is 0 Å². The Bertz CT molecular complexity index is 1140. The lowest BCUT2D eigenvalue weighted by atomic mass is 10.1. The van der Waals surface area contributed by atoms with E-state index in [4.69, 9.17) is 0 Å². The molecule has 0 spiro atoms. The molecule has 0 aliphatic heterocycles. The number of benzene rings is 3. The molecule has 0 bridgehead atoms. The molecule has 0 aliphatic rings. The molecule has 0 atom stereocenters. The highest BCUT2D eigenvalue weighted by Crippen LogP contribution is 2.17. The van der Waals surface area contributed by atoms with E-state index in [0.29, 0.717) is 24.2 Å². The van der Waals surface area contributed by atoms with Gasteiger partial charge in [0.25, 0.3) is 17.6 Å². The number of anilines is 2. The van der Waals surface area contributed by atoms with E-state index in [1.165, 1.54) is 19.1 Å². The number of nitrogens with one attached hydrogen (secondary N) is 3. The molecule has 0 aromatic heterocycles. The average molecular weight is 429 g/mol. The van der Waals surface area contributed by atoms with Gasteiger partial charge < -0.3 is 16.0 Å². The lowest BCUT2D eigenvalue weighted by Crippen LogP contribution is -2.26. The van der Waals surface area contributed by atoms with Crippen molar-refractivity contribution >= 4 is 34.9 Å². The SMILES string of the molecule is CC(=O)Nc1ccccc1C(=O)C(=O)Nc1cccc(C(=O)NCCc2ccccc2)c1. The Hall–Kier alpha value is -4.26. The Kier molecular flexibility index (Phi) is 7.48.